The van der Waals surface area contributed by atoms with E-state index in [9.17, 15) is 0 Å². The van der Waals surface area contributed by atoms with Crippen LogP contribution in [-0.4, -0.2) is 7.11 Å². The molecule has 0 bridgehead atoms. The van der Waals surface area contributed by atoms with Crippen molar-refractivity contribution in [3.63, 3.8) is 0 Å². The fourth-order valence-corrected chi connectivity index (χ4v) is 1.39. The number of hydrogen-bond acceptors (Lipinski definition) is 2. The highest BCUT2D eigenvalue weighted by atomic mass is 16.5. The molecule has 0 heterocycles. The summed E-state index contributed by atoms with van der Waals surface area (Å²) in [5.41, 5.74) is 7.84. The molecule has 0 atom stereocenters. The van der Waals surface area contributed by atoms with Crippen molar-refractivity contribution in [1.82, 2.24) is 0 Å². The molecule has 0 aliphatic rings. The van der Waals surface area contributed by atoms with Gasteiger partial charge in [-0.3, -0.25) is 0 Å². The van der Waals surface area contributed by atoms with Gasteiger partial charge >= 0.3 is 0 Å². The Bertz CT molecular complexity index is 271. The van der Waals surface area contributed by atoms with Gasteiger partial charge in [0.25, 0.3) is 0 Å². The lowest BCUT2D eigenvalue weighted by Crippen LogP contribution is -1.98. The summed E-state index contributed by atoms with van der Waals surface area (Å²) in [6.07, 6.45) is 3.34. The standard InChI is InChI=1S/C11H17NO/c1-3-4-6-9-10(12)7-5-8-11(9)13-2/h5,7-8H,3-4,6,12H2,1-2H3. The molecule has 1 aromatic rings. The Morgan fingerprint density at radius 3 is 2.77 bits per heavy atom. The molecule has 0 radical (unpaired) electrons. The van der Waals surface area contributed by atoms with Crippen molar-refractivity contribution in [3.8, 4) is 5.75 Å². The first-order chi connectivity index (χ1) is 6.29. The molecule has 1 aromatic carbocycles. The maximum atomic E-state index is 5.86. The lowest BCUT2D eigenvalue weighted by atomic mass is 10.1. The molecule has 1 rings (SSSR count). The summed E-state index contributed by atoms with van der Waals surface area (Å²) >= 11 is 0. The highest BCUT2D eigenvalue weighted by Crippen LogP contribution is 2.25. The Morgan fingerprint density at radius 1 is 1.38 bits per heavy atom. The van der Waals surface area contributed by atoms with Crippen LogP contribution in [0.3, 0.4) is 0 Å². The van der Waals surface area contributed by atoms with Gasteiger partial charge in [0.15, 0.2) is 0 Å². The Balaban J connectivity index is 2.87. The first-order valence-corrected chi connectivity index (χ1v) is 4.71. The Hall–Kier alpha value is -1.18. The fourth-order valence-electron chi connectivity index (χ4n) is 1.39. The highest BCUT2D eigenvalue weighted by molar-refractivity contribution is 5.54. The largest absolute Gasteiger partial charge is 0.496 e. The summed E-state index contributed by atoms with van der Waals surface area (Å²) in [6, 6.07) is 5.80. The summed E-state index contributed by atoms with van der Waals surface area (Å²) in [4.78, 5) is 0. The van der Waals surface area contributed by atoms with Gasteiger partial charge in [0.05, 0.1) is 7.11 Å². The summed E-state index contributed by atoms with van der Waals surface area (Å²) in [5.74, 6) is 0.911. The van der Waals surface area contributed by atoms with Crippen molar-refractivity contribution in [2.75, 3.05) is 12.8 Å². The van der Waals surface area contributed by atoms with Crippen molar-refractivity contribution in [2.45, 2.75) is 26.2 Å². The summed E-state index contributed by atoms with van der Waals surface area (Å²) in [7, 11) is 1.68. The molecule has 0 saturated carbocycles. The first kappa shape index (κ1) is 9.90. The molecule has 13 heavy (non-hydrogen) atoms. The molecule has 0 aliphatic heterocycles. The average Bonchev–Trinajstić information content (AvgIpc) is 2.15. The van der Waals surface area contributed by atoms with Crippen LogP contribution in [0.2, 0.25) is 0 Å². The van der Waals surface area contributed by atoms with E-state index in [1.807, 2.05) is 18.2 Å². The van der Waals surface area contributed by atoms with Crippen molar-refractivity contribution < 1.29 is 4.74 Å². The molecule has 0 aliphatic carbocycles. The minimum Gasteiger partial charge on any atom is -0.496 e. The number of rotatable bonds is 4. The highest BCUT2D eigenvalue weighted by Gasteiger charge is 2.04. The molecule has 0 fully saturated rings. The van der Waals surface area contributed by atoms with E-state index in [0.29, 0.717) is 0 Å². The Kier molecular flexibility index (Phi) is 3.62. The smallest absolute Gasteiger partial charge is 0.124 e. The van der Waals surface area contributed by atoms with E-state index in [4.69, 9.17) is 10.5 Å². The molecular formula is C11H17NO. The third-order valence-corrected chi connectivity index (χ3v) is 2.17. The predicted octanol–water partition coefficient (Wildman–Crippen LogP) is 2.62. The number of ether oxygens (including phenoxy) is 1. The quantitative estimate of drug-likeness (QED) is 0.721. The van der Waals surface area contributed by atoms with E-state index in [-0.39, 0.29) is 0 Å². The van der Waals surface area contributed by atoms with Crippen molar-refractivity contribution in [2.24, 2.45) is 0 Å². The molecule has 72 valence electrons. The van der Waals surface area contributed by atoms with Crippen LogP contribution in [0.5, 0.6) is 5.75 Å². The summed E-state index contributed by atoms with van der Waals surface area (Å²) in [6.45, 7) is 2.17. The number of nitrogen functional groups attached to an aromatic ring is 1. The van der Waals surface area contributed by atoms with E-state index >= 15 is 0 Å². The Labute approximate surface area is 79.7 Å². The minimum absolute atomic E-state index is 0.841. The average molecular weight is 179 g/mol. The van der Waals surface area contributed by atoms with Crippen molar-refractivity contribution >= 4 is 5.69 Å². The van der Waals surface area contributed by atoms with Gasteiger partial charge in [-0.25, -0.2) is 0 Å². The fraction of sp³-hybridized carbons (Fsp3) is 0.455. The van der Waals surface area contributed by atoms with Gasteiger partial charge in [-0.15, -0.1) is 0 Å². The molecule has 0 aromatic heterocycles. The normalized spacial score (nSPS) is 10.0. The van der Waals surface area contributed by atoms with Crippen LogP contribution in [0.25, 0.3) is 0 Å². The molecule has 0 spiro atoms. The van der Waals surface area contributed by atoms with Gasteiger partial charge in [-0.05, 0) is 25.0 Å². The van der Waals surface area contributed by atoms with Gasteiger partial charge in [0.1, 0.15) is 5.75 Å². The van der Waals surface area contributed by atoms with Crippen LogP contribution < -0.4 is 10.5 Å². The SMILES string of the molecule is CCCCc1c(N)cccc1OC. The van der Waals surface area contributed by atoms with Crippen LogP contribution in [0, 0.1) is 0 Å². The molecule has 0 amide bonds. The van der Waals surface area contributed by atoms with Crippen molar-refractivity contribution in [1.29, 1.82) is 0 Å². The number of hydrogen-bond donors (Lipinski definition) is 1. The molecule has 2 nitrogen and oxygen atoms in total. The monoisotopic (exact) mass is 179 g/mol. The molecule has 0 unspecified atom stereocenters. The van der Waals surface area contributed by atoms with Crippen LogP contribution in [-0.2, 0) is 6.42 Å². The van der Waals surface area contributed by atoms with Crippen LogP contribution in [0.1, 0.15) is 25.3 Å². The zero-order chi connectivity index (χ0) is 9.68. The van der Waals surface area contributed by atoms with Gasteiger partial charge in [-0.1, -0.05) is 19.4 Å². The van der Waals surface area contributed by atoms with Gasteiger partial charge in [0, 0.05) is 11.3 Å². The lowest BCUT2D eigenvalue weighted by Gasteiger charge is -2.10. The maximum absolute atomic E-state index is 5.86. The van der Waals surface area contributed by atoms with E-state index < -0.39 is 0 Å². The number of methoxy groups -OCH3 is 1. The first-order valence-electron chi connectivity index (χ1n) is 4.71. The summed E-state index contributed by atoms with van der Waals surface area (Å²) < 4.78 is 5.24. The molecule has 2 heteroatoms. The second kappa shape index (κ2) is 4.75. The minimum atomic E-state index is 0.841. The topological polar surface area (TPSA) is 35.2 Å². The number of nitrogens with two attached hydrogens (primary N) is 1. The van der Waals surface area contributed by atoms with E-state index in [2.05, 4.69) is 6.92 Å². The van der Waals surface area contributed by atoms with Crippen molar-refractivity contribution in [3.05, 3.63) is 23.8 Å². The van der Waals surface area contributed by atoms with E-state index in [0.717, 1.165) is 29.8 Å². The molecular weight excluding hydrogens is 162 g/mol. The lowest BCUT2D eigenvalue weighted by molar-refractivity contribution is 0.409. The van der Waals surface area contributed by atoms with Gasteiger partial charge in [-0.2, -0.15) is 0 Å². The molecule has 0 saturated heterocycles. The van der Waals surface area contributed by atoms with Crippen LogP contribution in [0.4, 0.5) is 5.69 Å². The number of unbranched alkanes of at least 4 members (excludes halogenated alkanes) is 1. The summed E-state index contributed by atoms with van der Waals surface area (Å²) in [5, 5.41) is 0. The zero-order valence-electron chi connectivity index (χ0n) is 8.34. The third-order valence-electron chi connectivity index (χ3n) is 2.17. The Morgan fingerprint density at radius 2 is 2.15 bits per heavy atom. The second-order valence-electron chi connectivity index (χ2n) is 3.13. The van der Waals surface area contributed by atoms with Crippen LogP contribution in [0.15, 0.2) is 18.2 Å². The maximum Gasteiger partial charge on any atom is 0.124 e. The van der Waals surface area contributed by atoms with E-state index in [1.54, 1.807) is 7.11 Å². The zero-order valence-corrected chi connectivity index (χ0v) is 8.34. The molecule has 2 N–H and O–H groups in total. The van der Waals surface area contributed by atoms with Crippen LogP contribution >= 0.6 is 0 Å². The number of benzene rings is 1. The van der Waals surface area contributed by atoms with Gasteiger partial charge < -0.3 is 10.5 Å². The predicted molar refractivity (Wildman–Crippen MR) is 56.0 cm³/mol. The number of anilines is 1. The second-order valence-corrected chi connectivity index (χ2v) is 3.13. The van der Waals surface area contributed by atoms with E-state index in [1.165, 1.54) is 6.42 Å². The van der Waals surface area contributed by atoms with Gasteiger partial charge in [0.2, 0.25) is 0 Å². The third kappa shape index (κ3) is 2.38.